The minimum absolute atomic E-state index is 0.0466. The summed E-state index contributed by atoms with van der Waals surface area (Å²) in [6.07, 6.45) is 3.32. The number of hydrogen-bond donors (Lipinski definition) is 2. The molecule has 0 aliphatic carbocycles. The summed E-state index contributed by atoms with van der Waals surface area (Å²) >= 11 is 0. The van der Waals surface area contributed by atoms with Gasteiger partial charge in [0, 0.05) is 30.7 Å². The Hall–Kier alpha value is -1.13. The Labute approximate surface area is 90.2 Å². The zero-order valence-electron chi connectivity index (χ0n) is 9.44. The minimum atomic E-state index is -0.356. The van der Waals surface area contributed by atoms with E-state index in [-0.39, 0.29) is 18.8 Å². The third-order valence-corrected chi connectivity index (χ3v) is 2.70. The van der Waals surface area contributed by atoms with Crippen LogP contribution in [-0.2, 0) is 6.61 Å². The third-order valence-electron chi connectivity index (χ3n) is 2.70. The number of anilines is 1. The maximum atomic E-state index is 9.27. The molecule has 84 valence electrons. The minimum Gasteiger partial charge on any atom is -0.394 e. The molecule has 4 nitrogen and oxygen atoms in total. The van der Waals surface area contributed by atoms with Crippen LogP contribution in [0.4, 0.5) is 5.69 Å². The van der Waals surface area contributed by atoms with E-state index in [1.54, 1.807) is 12.4 Å². The van der Waals surface area contributed by atoms with E-state index in [0.29, 0.717) is 0 Å². The van der Waals surface area contributed by atoms with Crippen molar-refractivity contribution in [1.82, 2.24) is 4.98 Å². The fourth-order valence-corrected chi connectivity index (χ4v) is 1.30. The highest BCUT2D eigenvalue weighted by molar-refractivity contribution is 5.53. The molecule has 0 amide bonds. The molecule has 0 spiro atoms. The molecule has 0 saturated carbocycles. The van der Waals surface area contributed by atoms with Crippen LogP contribution in [0.15, 0.2) is 18.5 Å². The first kappa shape index (κ1) is 11.9. The first-order chi connectivity index (χ1) is 7.03. The summed E-state index contributed by atoms with van der Waals surface area (Å²) in [7, 11) is 1.89. The van der Waals surface area contributed by atoms with Crippen molar-refractivity contribution in [3.8, 4) is 0 Å². The highest BCUT2D eigenvalue weighted by atomic mass is 16.3. The lowest BCUT2D eigenvalue weighted by molar-refractivity contribution is 0.215. The van der Waals surface area contributed by atoms with Crippen molar-refractivity contribution in [1.29, 1.82) is 0 Å². The molecule has 0 fully saturated rings. The largest absolute Gasteiger partial charge is 0.394 e. The van der Waals surface area contributed by atoms with Crippen molar-refractivity contribution in [2.45, 2.75) is 26.0 Å². The van der Waals surface area contributed by atoms with Gasteiger partial charge in [0.15, 0.2) is 0 Å². The molecule has 1 aromatic rings. The van der Waals surface area contributed by atoms with E-state index in [1.165, 1.54) is 0 Å². The number of aliphatic hydroxyl groups excluding tert-OH is 2. The Morgan fingerprint density at radius 1 is 1.40 bits per heavy atom. The van der Waals surface area contributed by atoms with E-state index >= 15 is 0 Å². The Bertz CT molecular complexity index is 326. The van der Waals surface area contributed by atoms with Crippen LogP contribution in [0.25, 0.3) is 0 Å². The van der Waals surface area contributed by atoms with E-state index in [1.807, 2.05) is 31.9 Å². The molecule has 1 aromatic heterocycles. The second kappa shape index (κ2) is 4.59. The molecule has 4 heteroatoms. The van der Waals surface area contributed by atoms with Crippen molar-refractivity contribution < 1.29 is 10.2 Å². The van der Waals surface area contributed by atoms with Crippen LogP contribution >= 0.6 is 0 Å². The SMILES string of the molecule is CN(c1ccncc1CO)C(C)(C)CO. The van der Waals surface area contributed by atoms with Gasteiger partial charge in [0.05, 0.1) is 18.8 Å². The van der Waals surface area contributed by atoms with Crippen molar-refractivity contribution in [3.05, 3.63) is 24.0 Å². The van der Waals surface area contributed by atoms with Gasteiger partial charge in [0.25, 0.3) is 0 Å². The van der Waals surface area contributed by atoms with E-state index in [0.717, 1.165) is 11.3 Å². The number of likely N-dealkylation sites (N-methyl/N-ethyl adjacent to an activating group) is 1. The van der Waals surface area contributed by atoms with Crippen molar-refractivity contribution in [3.63, 3.8) is 0 Å². The second-order valence-electron chi connectivity index (χ2n) is 4.19. The van der Waals surface area contributed by atoms with Crippen LogP contribution in [-0.4, -0.2) is 34.4 Å². The molecule has 15 heavy (non-hydrogen) atoms. The summed E-state index contributed by atoms with van der Waals surface area (Å²) in [5.74, 6) is 0. The van der Waals surface area contributed by atoms with Gasteiger partial charge in [-0.2, -0.15) is 0 Å². The highest BCUT2D eigenvalue weighted by Gasteiger charge is 2.24. The topological polar surface area (TPSA) is 56.6 Å². The molecule has 0 radical (unpaired) electrons. The molecular weight excluding hydrogens is 192 g/mol. The zero-order chi connectivity index (χ0) is 11.5. The molecule has 0 aliphatic rings. The zero-order valence-corrected chi connectivity index (χ0v) is 9.44. The average molecular weight is 210 g/mol. The van der Waals surface area contributed by atoms with Gasteiger partial charge in [0.2, 0.25) is 0 Å². The first-order valence-electron chi connectivity index (χ1n) is 4.91. The summed E-state index contributed by atoms with van der Waals surface area (Å²) in [6.45, 7) is 3.88. The molecule has 0 bridgehead atoms. The Morgan fingerprint density at radius 2 is 2.07 bits per heavy atom. The molecule has 0 saturated heterocycles. The Morgan fingerprint density at radius 3 is 2.60 bits per heavy atom. The van der Waals surface area contributed by atoms with Gasteiger partial charge in [-0.3, -0.25) is 4.98 Å². The van der Waals surface area contributed by atoms with E-state index in [4.69, 9.17) is 0 Å². The van der Waals surface area contributed by atoms with Gasteiger partial charge >= 0.3 is 0 Å². The predicted octanol–water partition coefficient (Wildman–Crippen LogP) is 0.781. The summed E-state index contributed by atoms with van der Waals surface area (Å²) in [6, 6.07) is 1.84. The maximum absolute atomic E-state index is 9.27. The molecule has 2 N–H and O–H groups in total. The lowest BCUT2D eigenvalue weighted by Gasteiger charge is -2.36. The van der Waals surface area contributed by atoms with Crippen LogP contribution in [0.1, 0.15) is 19.4 Å². The number of aromatic nitrogens is 1. The number of aliphatic hydroxyl groups is 2. The maximum Gasteiger partial charge on any atom is 0.0717 e. The molecule has 1 heterocycles. The fraction of sp³-hybridized carbons (Fsp3) is 0.545. The molecule has 0 unspecified atom stereocenters. The number of rotatable bonds is 4. The number of pyridine rings is 1. The smallest absolute Gasteiger partial charge is 0.0717 e. The Kier molecular flexibility index (Phi) is 3.66. The Balaban J connectivity index is 3.05. The van der Waals surface area contributed by atoms with Gasteiger partial charge in [-0.05, 0) is 19.9 Å². The summed E-state index contributed by atoms with van der Waals surface area (Å²) in [4.78, 5) is 5.90. The predicted molar refractivity (Wildman–Crippen MR) is 59.7 cm³/mol. The van der Waals surface area contributed by atoms with E-state index in [9.17, 15) is 10.2 Å². The van der Waals surface area contributed by atoms with E-state index in [2.05, 4.69) is 4.98 Å². The average Bonchev–Trinajstić information content (AvgIpc) is 2.28. The van der Waals surface area contributed by atoms with Gasteiger partial charge < -0.3 is 15.1 Å². The molecule has 0 aliphatic heterocycles. The van der Waals surface area contributed by atoms with Crippen LogP contribution in [0.5, 0.6) is 0 Å². The van der Waals surface area contributed by atoms with Gasteiger partial charge in [0.1, 0.15) is 0 Å². The molecule has 0 atom stereocenters. The quantitative estimate of drug-likeness (QED) is 0.771. The monoisotopic (exact) mass is 210 g/mol. The normalized spacial score (nSPS) is 11.5. The van der Waals surface area contributed by atoms with Crippen LogP contribution < -0.4 is 4.90 Å². The fourth-order valence-electron chi connectivity index (χ4n) is 1.30. The highest BCUT2D eigenvalue weighted by Crippen LogP contribution is 2.24. The van der Waals surface area contributed by atoms with Gasteiger partial charge in [-0.25, -0.2) is 0 Å². The standard InChI is InChI=1S/C11H18N2O2/c1-11(2,8-15)13(3)10-4-5-12-6-9(10)7-14/h4-6,14-15H,7-8H2,1-3H3. The second-order valence-corrected chi connectivity index (χ2v) is 4.19. The lowest BCUT2D eigenvalue weighted by Crippen LogP contribution is -2.44. The van der Waals surface area contributed by atoms with Gasteiger partial charge in [-0.15, -0.1) is 0 Å². The number of hydrogen-bond acceptors (Lipinski definition) is 4. The summed E-state index contributed by atoms with van der Waals surface area (Å²) in [5, 5.41) is 18.4. The first-order valence-corrected chi connectivity index (χ1v) is 4.91. The van der Waals surface area contributed by atoms with Crippen molar-refractivity contribution in [2.24, 2.45) is 0 Å². The molecule has 1 rings (SSSR count). The number of nitrogens with zero attached hydrogens (tertiary/aromatic N) is 2. The summed E-state index contributed by atoms with van der Waals surface area (Å²) in [5.41, 5.74) is 1.30. The third kappa shape index (κ3) is 2.46. The van der Waals surface area contributed by atoms with E-state index < -0.39 is 0 Å². The van der Waals surface area contributed by atoms with Crippen molar-refractivity contribution >= 4 is 5.69 Å². The van der Waals surface area contributed by atoms with Crippen molar-refractivity contribution in [2.75, 3.05) is 18.6 Å². The molecule has 0 aromatic carbocycles. The molecular formula is C11H18N2O2. The van der Waals surface area contributed by atoms with Crippen LogP contribution in [0, 0.1) is 0 Å². The van der Waals surface area contributed by atoms with Gasteiger partial charge in [-0.1, -0.05) is 0 Å². The van der Waals surface area contributed by atoms with Crippen LogP contribution in [0.3, 0.4) is 0 Å². The summed E-state index contributed by atoms with van der Waals surface area (Å²) < 4.78 is 0. The van der Waals surface area contributed by atoms with Crippen LogP contribution in [0.2, 0.25) is 0 Å². The lowest BCUT2D eigenvalue weighted by atomic mass is 10.0.